The molecule has 0 bridgehead atoms. The Hall–Kier alpha value is -3.64. The number of hydrogen-bond donors (Lipinski definition) is 2. The predicted octanol–water partition coefficient (Wildman–Crippen LogP) is 3.08. The molecule has 0 aromatic heterocycles. The van der Waals surface area contributed by atoms with Crippen LogP contribution in [0.3, 0.4) is 0 Å². The summed E-state index contributed by atoms with van der Waals surface area (Å²) in [5.74, 6) is -0.555. The van der Waals surface area contributed by atoms with Gasteiger partial charge >= 0.3 is 5.97 Å². The van der Waals surface area contributed by atoms with Gasteiger partial charge in [0.15, 0.2) is 11.8 Å². The number of hydrogen-bond acceptors (Lipinski definition) is 9. The van der Waals surface area contributed by atoms with Gasteiger partial charge in [0.05, 0.1) is 31.0 Å². The zero-order valence-electron chi connectivity index (χ0n) is 18.0. The Morgan fingerprint density at radius 2 is 1.97 bits per heavy atom. The summed E-state index contributed by atoms with van der Waals surface area (Å²) in [6, 6.07) is 12.2. The van der Waals surface area contributed by atoms with Crippen molar-refractivity contribution >= 4 is 62.5 Å². The van der Waals surface area contributed by atoms with Gasteiger partial charge in [0, 0.05) is 16.1 Å². The second-order valence-corrected chi connectivity index (χ2v) is 8.40. The molecule has 0 aliphatic carbocycles. The number of nitrogens with zero attached hydrogens (tertiary/aromatic N) is 2. The molecule has 2 N–H and O–H groups in total. The van der Waals surface area contributed by atoms with Crippen LogP contribution in [-0.2, 0) is 19.1 Å². The summed E-state index contributed by atoms with van der Waals surface area (Å²) in [7, 11) is 2.74. The second kappa shape index (κ2) is 12.0. The maximum atomic E-state index is 12.3. The molecular weight excluding hydrogens is 528 g/mol. The number of nitrogens with one attached hydrogen (secondary N) is 2. The third-order valence-electron chi connectivity index (χ3n) is 4.16. The van der Waals surface area contributed by atoms with E-state index in [1.807, 2.05) is 0 Å². The molecule has 0 unspecified atom stereocenters. The van der Waals surface area contributed by atoms with Crippen LogP contribution >= 0.6 is 27.7 Å². The number of amides is 2. The van der Waals surface area contributed by atoms with Gasteiger partial charge < -0.3 is 19.5 Å². The summed E-state index contributed by atoms with van der Waals surface area (Å²) < 4.78 is 16.2. The molecule has 1 saturated heterocycles. The van der Waals surface area contributed by atoms with Crippen LogP contribution in [0.15, 0.2) is 68.1 Å². The lowest BCUT2D eigenvalue weighted by atomic mass is 10.2. The molecule has 3 rings (SSSR count). The molecule has 2 amide bonds. The number of rotatable bonds is 8. The van der Waals surface area contributed by atoms with Crippen molar-refractivity contribution in [1.29, 1.82) is 0 Å². The second-order valence-electron chi connectivity index (χ2n) is 6.46. The van der Waals surface area contributed by atoms with E-state index in [1.165, 1.54) is 20.4 Å². The predicted molar refractivity (Wildman–Crippen MR) is 132 cm³/mol. The zero-order chi connectivity index (χ0) is 24.5. The molecule has 1 fully saturated rings. The van der Waals surface area contributed by atoms with Crippen molar-refractivity contribution in [3.8, 4) is 11.5 Å². The van der Waals surface area contributed by atoms with Crippen molar-refractivity contribution < 1.29 is 28.6 Å². The van der Waals surface area contributed by atoms with Crippen LogP contribution in [0.1, 0.15) is 5.56 Å². The molecule has 34 heavy (non-hydrogen) atoms. The van der Waals surface area contributed by atoms with Crippen molar-refractivity contribution in [2.75, 3.05) is 26.1 Å². The molecule has 1 heterocycles. The Balaban J connectivity index is 1.66. The monoisotopic (exact) mass is 546 g/mol. The fourth-order valence-electron chi connectivity index (χ4n) is 2.61. The van der Waals surface area contributed by atoms with Gasteiger partial charge in [-0.15, -0.1) is 5.10 Å². The lowest BCUT2D eigenvalue weighted by Crippen LogP contribution is -2.21. The van der Waals surface area contributed by atoms with Crippen LogP contribution in [0.2, 0.25) is 0 Å². The third-order valence-corrected chi connectivity index (χ3v) is 5.55. The maximum Gasteiger partial charge on any atom is 0.331 e. The topological polar surface area (TPSA) is 128 Å². The number of carbonyl (C=O) groups excluding carboxylic acids is 3. The molecule has 0 radical (unpaired) electrons. The standard InChI is InChI=1S/C22H19BrN4O6S/c1-31-17-6-4-3-5-15(17)25-19(28)12-33-16-8-7-14(23)9-13(16)11-24-27-22-26-21(30)18(34-22)10-20(29)32-2/h3-11H,12H2,1-2H3,(H,25,28)(H,26,27,30)/b18-10+,24-11?. The summed E-state index contributed by atoms with van der Waals surface area (Å²) in [5, 5.41) is 13.4. The Kier molecular flexibility index (Phi) is 8.82. The molecule has 0 saturated carbocycles. The fraction of sp³-hybridized carbons (Fsp3) is 0.136. The number of ether oxygens (including phenoxy) is 3. The minimum atomic E-state index is -0.645. The summed E-state index contributed by atoms with van der Waals surface area (Å²) in [4.78, 5) is 35.7. The SMILES string of the molecule is COC(=O)/C=C1/S/C(=N\N=Cc2cc(Br)ccc2OCC(=O)Nc2ccccc2OC)NC1=O. The molecule has 1 aliphatic heterocycles. The van der Waals surface area contributed by atoms with Gasteiger partial charge in [-0.25, -0.2) is 4.79 Å². The molecule has 10 nitrogen and oxygen atoms in total. The highest BCUT2D eigenvalue weighted by molar-refractivity contribution is 9.10. The first kappa shape index (κ1) is 25.0. The lowest BCUT2D eigenvalue weighted by molar-refractivity contribution is -0.135. The van der Waals surface area contributed by atoms with E-state index in [0.29, 0.717) is 22.7 Å². The van der Waals surface area contributed by atoms with Gasteiger partial charge in [-0.1, -0.05) is 28.1 Å². The minimum Gasteiger partial charge on any atom is -0.495 e. The highest BCUT2D eigenvalue weighted by atomic mass is 79.9. The van der Waals surface area contributed by atoms with E-state index in [0.717, 1.165) is 22.3 Å². The Labute approximate surface area is 207 Å². The summed E-state index contributed by atoms with van der Waals surface area (Å²) in [5.41, 5.74) is 1.08. The molecular formula is C22H19BrN4O6S. The van der Waals surface area contributed by atoms with Crippen LogP contribution in [0, 0.1) is 0 Å². The molecule has 2 aromatic carbocycles. The van der Waals surface area contributed by atoms with E-state index in [1.54, 1.807) is 42.5 Å². The average Bonchev–Trinajstić information content (AvgIpc) is 3.17. The van der Waals surface area contributed by atoms with Crippen molar-refractivity contribution in [3.63, 3.8) is 0 Å². The maximum absolute atomic E-state index is 12.3. The van der Waals surface area contributed by atoms with E-state index < -0.39 is 11.9 Å². The normalized spacial score (nSPS) is 15.4. The summed E-state index contributed by atoms with van der Waals surface area (Å²) in [6.45, 7) is -0.247. The number of carbonyl (C=O) groups is 3. The largest absolute Gasteiger partial charge is 0.495 e. The van der Waals surface area contributed by atoms with Crippen molar-refractivity contribution in [1.82, 2.24) is 5.32 Å². The first-order valence-corrected chi connectivity index (χ1v) is 11.3. The molecule has 12 heteroatoms. The van der Waals surface area contributed by atoms with Crippen LogP contribution < -0.4 is 20.1 Å². The minimum absolute atomic E-state index is 0.147. The molecule has 176 valence electrons. The molecule has 0 atom stereocenters. The van der Waals surface area contributed by atoms with E-state index in [-0.39, 0.29) is 22.6 Å². The number of anilines is 1. The van der Waals surface area contributed by atoms with Crippen LogP contribution in [0.25, 0.3) is 0 Å². The number of thioether (sulfide) groups is 1. The first-order chi connectivity index (χ1) is 16.4. The Bertz CT molecular complexity index is 1200. The van der Waals surface area contributed by atoms with Gasteiger partial charge in [0.2, 0.25) is 0 Å². The summed E-state index contributed by atoms with van der Waals surface area (Å²) >= 11 is 4.34. The quantitative estimate of drug-likeness (QED) is 0.225. The van der Waals surface area contributed by atoms with Crippen LogP contribution in [0.5, 0.6) is 11.5 Å². The van der Waals surface area contributed by atoms with E-state index in [9.17, 15) is 14.4 Å². The number of halogens is 1. The van der Waals surface area contributed by atoms with Gasteiger partial charge in [-0.2, -0.15) is 5.10 Å². The highest BCUT2D eigenvalue weighted by Crippen LogP contribution is 2.25. The molecule has 0 spiro atoms. The van der Waals surface area contributed by atoms with Crippen molar-refractivity contribution in [2.45, 2.75) is 0 Å². The Morgan fingerprint density at radius 3 is 2.74 bits per heavy atom. The van der Waals surface area contributed by atoms with Crippen molar-refractivity contribution in [3.05, 3.63) is 63.5 Å². The van der Waals surface area contributed by atoms with E-state index >= 15 is 0 Å². The van der Waals surface area contributed by atoms with Crippen LogP contribution in [0.4, 0.5) is 5.69 Å². The Morgan fingerprint density at radius 1 is 1.18 bits per heavy atom. The fourth-order valence-corrected chi connectivity index (χ4v) is 3.73. The number of esters is 1. The number of benzene rings is 2. The molecule has 2 aromatic rings. The summed E-state index contributed by atoms with van der Waals surface area (Å²) in [6.07, 6.45) is 2.49. The smallest absolute Gasteiger partial charge is 0.331 e. The van der Waals surface area contributed by atoms with Crippen LogP contribution in [-0.4, -0.2) is 50.0 Å². The van der Waals surface area contributed by atoms with Gasteiger partial charge in [0.1, 0.15) is 11.5 Å². The van der Waals surface area contributed by atoms with Crippen molar-refractivity contribution in [2.24, 2.45) is 10.2 Å². The zero-order valence-corrected chi connectivity index (χ0v) is 20.4. The van der Waals surface area contributed by atoms with E-state index in [2.05, 4.69) is 41.5 Å². The molecule has 1 aliphatic rings. The van der Waals surface area contributed by atoms with Gasteiger partial charge in [-0.05, 0) is 42.1 Å². The van der Waals surface area contributed by atoms with Gasteiger partial charge in [0.25, 0.3) is 11.8 Å². The highest BCUT2D eigenvalue weighted by Gasteiger charge is 2.25. The average molecular weight is 547 g/mol. The number of amidine groups is 1. The van der Waals surface area contributed by atoms with E-state index in [4.69, 9.17) is 9.47 Å². The lowest BCUT2D eigenvalue weighted by Gasteiger charge is -2.12. The number of methoxy groups -OCH3 is 2. The third kappa shape index (κ3) is 6.93. The van der Waals surface area contributed by atoms with Gasteiger partial charge in [-0.3, -0.25) is 14.9 Å². The number of para-hydroxylation sites is 2. The first-order valence-electron chi connectivity index (χ1n) is 9.64.